The van der Waals surface area contributed by atoms with Crippen LogP contribution in [0.1, 0.15) is 0 Å². The van der Waals surface area contributed by atoms with Crippen LogP contribution in [0, 0.1) is 0 Å². The van der Waals surface area contributed by atoms with Crippen molar-refractivity contribution in [2.45, 2.75) is 0 Å². The second kappa shape index (κ2) is 9.03. The lowest BCUT2D eigenvalue weighted by Crippen LogP contribution is -2.37. The number of nitrogens with zero attached hydrogens (tertiary/aromatic N) is 1. The molecule has 0 saturated carbocycles. The van der Waals surface area contributed by atoms with Gasteiger partial charge in [0.2, 0.25) is 15.9 Å². The zero-order chi connectivity index (χ0) is 20.9. The molecule has 2 rings (SSSR count). The first-order chi connectivity index (χ1) is 13.2. The van der Waals surface area contributed by atoms with Crippen molar-refractivity contribution in [2.24, 2.45) is 0 Å². The Hall–Kier alpha value is -2.65. The molecule has 0 unspecified atom stereocenters. The summed E-state index contributed by atoms with van der Waals surface area (Å²) in [6.07, 6.45) is 1.01. The maximum Gasteiger partial charge on any atom is 0.245 e. The zero-order valence-electron chi connectivity index (χ0n) is 15.9. The lowest BCUT2D eigenvalue weighted by Gasteiger charge is -2.23. The molecule has 0 bridgehead atoms. The fourth-order valence-corrected chi connectivity index (χ4v) is 3.50. The van der Waals surface area contributed by atoms with E-state index >= 15 is 0 Å². The van der Waals surface area contributed by atoms with Gasteiger partial charge < -0.3 is 19.5 Å². The molecule has 0 heterocycles. The van der Waals surface area contributed by atoms with Crippen LogP contribution in [-0.4, -0.2) is 48.5 Å². The molecule has 0 fully saturated rings. The highest BCUT2D eigenvalue weighted by atomic mass is 35.5. The van der Waals surface area contributed by atoms with Gasteiger partial charge in [-0.3, -0.25) is 9.10 Å². The molecule has 1 N–H and O–H groups in total. The Bertz CT molecular complexity index is 965. The first-order valence-corrected chi connectivity index (χ1v) is 10.3. The summed E-state index contributed by atoms with van der Waals surface area (Å²) in [4.78, 5) is 12.5. The molecule has 1 amide bonds. The Labute approximate surface area is 169 Å². The Morgan fingerprint density at radius 3 is 2.18 bits per heavy atom. The third kappa shape index (κ3) is 5.20. The molecule has 8 nitrogen and oxygen atoms in total. The first kappa shape index (κ1) is 21.6. The lowest BCUT2D eigenvalue weighted by molar-refractivity contribution is -0.114. The lowest BCUT2D eigenvalue weighted by atomic mass is 10.2. The van der Waals surface area contributed by atoms with Gasteiger partial charge in [0.25, 0.3) is 0 Å². The van der Waals surface area contributed by atoms with E-state index in [9.17, 15) is 13.2 Å². The molecular weight excluding hydrogens is 408 g/mol. The molecule has 0 aliphatic rings. The summed E-state index contributed by atoms with van der Waals surface area (Å²) in [7, 11) is 0.600. The molecule has 10 heteroatoms. The number of hydrogen-bond donors (Lipinski definition) is 1. The van der Waals surface area contributed by atoms with Crippen LogP contribution >= 0.6 is 11.6 Å². The number of nitrogens with one attached hydrogen (secondary N) is 1. The van der Waals surface area contributed by atoms with E-state index in [1.807, 2.05) is 0 Å². The van der Waals surface area contributed by atoms with Crippen molar-refractivity contribution in [1.82, 2.24) is 0 Å². The normalized spacial score (nSPS) is 10.9. The van der Waals surface area contributed by atoms with Crippen molar-refractivity contribution < 1.29 is 27.4 Å². The van der Waals surface area contributed by atoms with E-state index in [-0.39, 0.29) is 5.69 Å². The molecule has 0 saturated heterocycles. The van der Waals surface area contributed by atoms with Gasteiger partial charge in [0.1, 0.15) is 12.3 Å². The first-order valence-electron chi connectivity index (χ1n) is 8.02. The van der Waals surface area contributed by atoms with Gasteiger partial charge in [-0.05, 0) is 30.3 Å². The predicted octanol–water partition coefficient (Wildman–Crippen LogP) is 2.77. The van der Waals surface area contributed by atoms with Crippen LogP contribution in [-0.2, 0) is 14.8 Å². The molecule has 2 aromatic rings. The number of sulfonamides is 1. The molecule has 2 aromatic carbocycles. The third-order valence-electron chi connectivity index (χ3n) is 3.78. The molecule has 0 aliphatic heterocycles. The van der Waals surface area contributed by atoms with Gasteiger partial charge in [-0.2, -0.15) is 0 Å². The van der Waals surface area contributed by atoms with E-state index < -0.39 is 22.5 Å². The van der Waals surface area contributed by atoms with Gasteiger partial charge in [-0.1, -0.05) is 11.6 Å². The number of carbonyl (C=O) groups is 1. The second-order valence-corrected chi connectivity index (χ2v) is 8.04. The summed E-state index contributed by atoms with van der Waals surface area (Å²) in [5.74, 6) is 0.605. The number of ether oxygens (including phenoxy) is 3. The molecule has 0 aliphatic carbocycles. The molecule has 0 spiro atoms. The van der Waals surface area contributed by atoms with Crippen molar-refractivity contribution in [2.75, 3.05) is 43.8 Å². The van der Waals surface area contributed by atoms with Crippen molar-refractivity contribution in [3.8, 4) is 17.2 Å². The molecule has 0 aromatic heterocycles. The number of anilines is 2. The summed E-state index contributed by atoms with van der Waals surface area (Å²) in [5.41, 5.74) is 0.592. The van der Waals surface area contributed by atoms with Crippen LogP contribution in [0.3, 0.4) is 0 Å². The van der Waals surface area contributed by atoms with E-state index in [2.05, 4.69) is 5.32 Å². The highest BCUT2D eigenvalue weighted by Gasteiger charge is 2.23. The number of rotatable bonds is 8. The van der Waals surface area contributed by atoms with Crippen LogP contribution < -0.4 is 23.8 Å². The van der Waals surface area contributed by atoms with Gasteiger partial charge >= 0.3 is 0 Å². The van der Waals surface area contributed by atoms with E-state index in [0.717, 1.165) is 10.6 Å². The topological polar surface area (TPSA) is 94.2 Å². The molecule has 152 valence electrons. The zero-order valence-corrected chi connectivity index (χ0v) is 17.4. The number of halogens is 1. The Morgan fingerprint density at radius 1 is 1.00 bits per heavy atom. The monoisotopic (exact) mass is 428 g/mol. The van der Waals surface area contributed by atoms with Crippen molar-refractivity contribution >= 4 is 38.9 Å². The summed E-state index contributed by atoms with van der Waals surface area (Å²) < 4.78 is 41.1. The summed E-state index contributed by atoms with van der Waals surface area (Å²) >= 11 is 5.95. The summed E-state index contributed by atoms with van der Waals surface area (Å²) in [6.45, 7) is -0.454. The number of amides is 1. The van der Waals surface area contributed by atoms with Gasteiger partial charge in [0.15, 0.2) is 11.5 Å². The fourth-order valence-electron chi connectivity index (χ4n) is 2.48. The minimum Gasteiger partial charge on any atom is -0.495 e. The average Bonchev–Trinajstić information content (AvgIpc) is 2.65. The van der Waals surface area contributed by atoms with Gasteiger partial charge in [-0.15, -0.1) is 0 Å². The van der Waals surface area contributed by atoms with E-state index in [1.54, 1.807) is 18.2 Å². The van der Waals surface area contributed by atoms with Crippen molar-refractivity contribution in [1.29, 1.82) is 0 Å². The SMILES string of the molecule is COc1ccc(Cl)cc1NC(=O)CN(c1ccc(OC)c(OC)c1)S(C)(=O)=O. The van der Waals surface area contributed by atoms with Gasteiger partial charge in [0, 0.05) is 11.1 Å². The van der Waals surface area contributed by atoms with Crippen LogP contribution in [0.4, 0.5) is 11.4 Å². The maximum atomic E-state index is 12.5. The van der Waals surface area contributed by atoms with Crippen LogP contribution in [0.15, 0.2) is 36.4 Å². The van der Waals surface area contributed by atoms with Crippen LogP contribution in [0.25, 0.3) is 0 Å². The standard InChI is InChI=1S/C18H21ClN2O6S/c1-25-15-7-5-12(19)9-14(15)20-18(22)11-21(28(4,23)24)13-6-8-16(26-2)17(10-13)27-3/h5-10H,11H2,1-4H3,(H,20,22). The van der Waals surface area contributed by atoms with E-state index in [0.29, 0.717) is 28.0 Å². The Morgan fingerprint density at radius 2 is 1.61 bits per heavy atom. The summed E-state index contributed by atoms with van der Waals surface area (Å²) in [5, 5.41) is 3.01. The van der Waals surface area contributed by atoms with Gasteiger partial charge in [-0.25, -0.2) is 8.42 Å². The number of hydrogen-bond acceptors (Lipinski definition) is 6. The van der Waals surface area contributed by atoms with Crippen LogP contribution in [0.2, 0.25) is 5.02 Å². The van der Waals surface area contributed by atoms with E-state index in [4.69, 9.17) is 25.8 Å². The highest BCUT2D eigenvalue weighted by molar-refractivity contribution is 7.92. The number of benzene rings is 2. The number of carbonyl (C=O) groups excluding carboxylic acids is 1. The predicted molar refractivity (Wildman–Crippen MR) is 108 cm³/mol. The van der Waals surface area contributed by atoms with Crippen molar-refractivity contribution in [3.05, 3.63) is 41.4 Å². The molecular formula is C18H21ClN2O6S. The molecule has 0 atom stereocenters. The molecule has 28 heavy (non-hydrogen) atoms. The largest absolute Gasteiger partial charge is 0.495 e. The fraction of sp³-hybridized carbons (Fsp3) is 0.278. The van der Waals surface area contributed by atoms with Gasteiger partial charge in [0.05, 0.1) is 39.0 Å². The Balaban J connectivity index is 2.31. The van der Waals surface area contributed by atoms with Crippen LogP contribution in [0.5, 0.6) is 17.2 Å². The summed E-state index contributed by atoms with van der Waals surface area (Å²) in [6, 6.07) is 9.29. The highest BCUT2D eigenvalue weighted by Crippen LogP contribution is 2.32. The van der Waals surface area contributed by atoms with Crippen molar-refractivity contribution in [3.63, 3.8) is 0 Å². The third-order valence-corrected chi connectivity index (χ3v) is 5.15. The molecule has 0 radical (unpaired) electrons. The van der Waals surface area contributed by atoms with E-state index in [1.165, 1.54) is 39.5 Å². The quantitative estimate of drug-likeness (QED) is 0.694. The smallest absolute Gasteiger partial charge is 0.245 e. The Kier molecular flexibility index (Phi) is 6.98. The second-order valence-electron chi connectivity index (χ2n) is 5.70. The maximum absolute atomic E-state index is 12.5. The minimum atomic E-state index is -3.75. The number of methoxy groups -OCH3 is 3. The minimum absolute atomic E-state index is 0.258. The average molecular weight is 429 g/mol.